The molecule has 4 N–H and O–H groups in total. The fraction of sp³-hybridized carbons (Fsp3) is 0.233. The van der Waals surface area contributed by atoms with E-state index in [-0.39, 0.29) is 32.7 Å². The standard InChI is InChI=1S/C22H24F2N4O4S.C17H16F2N4O2S.C4H4O4/c1-13-6-8-15(12-26-13)33(30,31)19-11-17(20(22(2,3)4)32-21(29)25-5)27-28(19)18-10-14(23)7-9-16(18)24;1-11-3-5-14(10-21-11)26(24,25)17-8-13(9-20-2)22-23(17)16-7-12(18)4-6-15(16)19;5-3(6)1-2-4(7)8/h6-12,20H,1-5H3,(H,25,29);3-8,10,20H,9H2,1-2H3;1-2H,(H,5,6)(H,7,8)/b;;2-1+. The van der Waals surface area contributed by atoms with Gasteiger partial charge in [0.05, 0.1) is 15.5 Å². The number of ether oxygens (including phenoxy) is 1. The van der Waals surface area contributed by atoms with Gasteiger partial charge in [-0.3, -0.25) is 9.97 Å². The number of pyridine rings is 2. The number of rotatable bonds is 12. The summed E-state index contributed by atoms with van der Waals surface area (Å²) in [4.78, 5) is 38.9. The summed E-state index contributed by atoms with van der Waals surface area (Å²) in [7, 11) is -5.26. The van der Waals surface area contributed by atoms with Crippen molar-refractivity contribution in [2.45, 2.75) is 67.1 Å². The lowest BCUT2D eigenvalue weighted by Gasteiger charge is -2.28. The van der Waals surface area contributed by atoms with Crippen molar-refractivity contribution in [3.63, 3.8) is 0 Å². The Morgan fingerprint density at radius 1 is 0.701 bits per heavy atom. The van der Waals surface area contributed by atoms with Gasteiger partial charge in [0, 0.05) is 79.2 Å². The third-order valence-electron chi connectivity index (χ3n) is 8.85. The molecule has 0 bridgehead atoms. The molecule has 1 unspecified atom stereocenters. The van der Waals surface area contributed by atoms with Crippen LogP contribution in [-0.4, -0.2) is 88.7 Å². The normalized spacial score (nSPS) is 12.0. The smallest absolute Gasteiger partial charge is 0.407 e. The maximum absolute atomic E-state index is 14.7. The topological polar surface area (TPSA) is 255 Å². The Hall–Kier alpha value is -7.31. The molecule has 356 valence electrons. The molecule has 18 nitrogen and oxygen atoms in total. The predicted octanol–water partition coefficient (Wildman–Crippen LogP) is 6.25. The second-order valence-electron chi connectivity index (χ2n) is 15.1. The molecule has 4 aromatic heterocycles. The van der Waals surface area contributed by atoms with Gasteiger partial charge in [-0.25, -0.2) is 58.1 Å². The highest BCUT2D eigenvalue weighted by Gasteiger charge is 2.36. The van der Waals surface area contributed by atoms with Crippen molar-refractivity contribution in [3.8, 4) is 11.4 Å². The van der Waals surface area contributed by atoms with Crippen LogP contribution in [0.5, 0.6) is 0 Å². The van der Waals surface area contributed by atoms with E-state index in [0.717, 1.165) is 45.8 Å². The van der Waals surface area contributed by atoms with Crippen LogP contribution in [0.4, 0.5) is 22.4 Å². The lowest BCUT2D eigenvalue weighted by Crippen LogP contribution is -2.29. The van der Waals surface area contributed by atoms with Crippen molar-refractivity contribution in [3.05, 3.63) is 143 Å². The average Bonchev–Trinajstić information content (AvgIpc) is 3.90. The van der Waals surface area contributed by atoms with Crippen molar-refractivity contribution >= 4 is 37.7 Å². The Kier molecular flexibility index (Phi) is 17.0. The van der Waals surface area contributed by atoms with Crippen LogP contribution in [0.25, 0.3) is 11.4 Å². The van der Waals surface area contributed by atoms with Crippen LogP contribution < -0.4 is 10.6 Å². The lowest BCUT2D eigenvalue weighted by molar-refractivity contribution is -0.134. The molecule has 0 aliphatic heterocycles. The zero-order valence-electron chi connectivity index (χ0n) is 36.7. The van der Waals surface area contributed by atoms with E-state index in [1.807, 2.05) is 0 Å². The number of hydrogen-bond acceptors (Lipinski definition) is 13. The van der Waals surface area contributed by atoms with E-state index >= 15 is 0 Å². The van der Waals surface area contributed by atoms with Gasteiger partial charge in [-0.15, -0.1) is 0 Å². The first kappa shape index (κ1) is 52.3. The lowest BCUT2D eigenvalue weighted by atomic mass is 9.87. The number of aryl methyl sites for hydroxylation is 2. The van der Waals surface area contributed by atoms with E-state index in [0.29, 0.717) is 29.2 Å². The van der Waals surface area contributed by atoms with Crippen LogP contribution in [0.2, 0.25) is 0 Å². The number of aliphatic carboxylic acids is 2. The van der Waals surface area contributed by atoms with E-state index in [1.165, 1.54) is 49.8 Å². The molecular weight excluding hydrogens is 929 g/mol. The molecule has 6 aromatic rings. The maximum atomic E-state index is 14.7. The van der Waals surface area contributed by atoms with Crippen molar-refractivity contribution < 1.29 is 63.7 Å². The average molecular weight is 973 g/mol. The van der Waals surface area contributed by atoms with Crippen LogP contribution in [0.1, 0.15) is 49.7 Å². The Balaban J connectivity index is 0.000000256. The number of carbonyl (C=O) groups is 3. The van der Waals surface area contributed by atoms with Crippen LogP contribution in [0.3, 0.4) is 0 Å². The quantitative estimate of drug-likeness (QED) is 0.0781. The second-order valence-corrected chi connectivity index (χ2v) is 18.9. The number of amides is 1. The minimum absolute atomic E-state index is 0.0495. The minimum atomic E-state index is -4.26. The molecule has 1 atom stereocenters. The minimum Gasteiger partial charge on any atom is -0.478 e. The molecule has 0 aliphatic carbocycles. The number of carboxylic acids is 2. The Labute approximate surface area is 381 Å². The van der Waals surface area contributed by atoms with Crippen molar-refractivity contribution in [1.82, 2.24) is 40.2 Å². The molecule has 0 radical (unpaired) electrons. The van der Waals surface area contributed by atoms with Gasteiger partial charge in [-0.05, 0) is 69.4 Å². The summed E-state index contributed by atoms with van der Waals surface area (Å²) in [5.74, 6) is -5.67. The van der Waals surface area contributed by atoms with E-state index in [1.54, 1.807) is 47.7 Å². The summed E-state index contributed by atoms with van der Waals surface area (Å²) in [6.07, 6.45) is 1.76. The van der Waals surface area contributed by atoms with E-state index in [4.69, 9.17) is 14.9 Å². The number of sulfone groups is 2. The molecule has 24 heteroatoms. The summed E-state index contributed by atoms with van der Waals surface area (Å²) in [6, 6.07) is 13.8. The number of hydrogen-bond donors (Lipinski definition) is 4. The maximum Gasteiger partial charge on any atom is 0.407 e. The summed E-state index contributed by atoms with van der Waals surface area (Å²) in [6.45, 7) is 8.98. The number of nitrogens with one attached hydrogen (secondary N) is 2. The molecule has 2 aromatic carbocycles. The predicted molar refractivity (Wildman–Crippen MR) is 231 cm³/mol. The third-order valence-corrected chi connectivity index (χ3v) is 12.3. The van der Waals surface area contributed by atoms with E-state index < -0.39 is 83.2 Å². The van der Waals surface area contributed by atoms with E-state index in [2.05, 4.69) is 30.8 Å². The van der Waals surface area contributed by atoms with E-state index in [9.17, 15) is 48.8 Å². The van der Waals surface area contributed by atoms with Crippen LogP contribution in [-0.2, 0) is 40.5 Å². The zero-order valence-corrected chi connectivity index (χ0v) is 38.3. The molecular formula is C43H44F4N8O10S2. The SMILES string of the molecule is CNC(=O)OC(c1cc(S(=O)(=O)c2ccc(C)nc2)n(-c2cc(F)ccc2F)n1)C(C)(C)C.CNCc1cc(S(=O)(=O)c2ccc(C)nc2)n(-c2cc(F)ccc2F)n1.O=C(O)/C=C/C(=O)O. The molecule has 0 fully saturated rings. The molecule has 0 saturated heterocycles. The van der Waals surface area contributed by atoms with Crippen LogP contribution in [0.15, 0.2) is 117 Å². The first-order valence-electron chi connectivity index (χ1n) is 19.4. The number of nitrogens with zero attached hydrogens (tertiary/aromatic N) is 6. The molecule has 4 heterocycles. The molecule has 0 saturated carbocycles. The Morgan fingerprint density at radius 2 is 1.15 bits per heavy atom. The summed E-state index contributed by atoms with van der Waals surface area (Å²) in [5.41, 5.74) is 0.274. The number of aromatic nitrogens is 6. The van der Waals surface area contributed by atoms with Gasteiger partial charge >= 0.3 is 18.0 Å². The highest BCUT2D eigenvalue weighted by atomic mass is 32.2. The van der Waals surface area contributed by atoms with Gasteiger partial charge in [0.15, 0.2) is 16.2 Å². The van der Waals surface area contributed by atoms with Gasteiger partial charge in [-0.2, -0.15) is 10.2 Å². The first-order valence-corrected chi connectivity index (χ1v) is 22.4. The highest BCUT2D eigenvalue weighted by Crippen LogP contribution is 2.38. The Bertz CT molecular complexity index is 3000. The highest BCUT2D eigenvalue weighted by molar-refractivity contribution is 7.91. The largest absolute Gasteiger partial charge is 0.478 e. The van der Waals surface area contributed by atoms with Crippen molar-refractivity contribution in [1.29, 1.82) is 0 Å². The summed E-state index contributed by atoms with van der Waals surface area (Å²) in [5, 5.41) is 28.5. The van der Waals surface area contributed by atoms with Gasteiger partial charge in [-0.1, -0.05) is 20.8 Å². The monoisotopic (exact) mass is 972 g/mol. The fourth-order valence-corrected chi connectivity index (χ4v) is 8.33. The fourth-order valence-electron chi connectivity index (χ4n) is 5.67. The molecule has 6 rings (SSSR count). The van der Waals surface area contributed by atoms with Gasteiger partial charge in [0.25, 0.3) is 0 Å². The number of halogens is 4. The summed E-state index contributed by atoms with van der Waals surface area (Å²) < 4.78 is 117. The van der Waals surface area contributed by atoms with Crippen molar-refractivity contribution in [2.75, 3.05) is 14.1 Å². The van der Waals surface area contributed by atoms with Gasteiger partial charge < -0.3 is 25.6 Å². The Morgan fingerprint density at radius 3 is 1.54 bits per heavy atom. The van der Waals surface area contributed by atoms with Crippen LogP contribution in [0, 0.1) is 42.5 Å². The van der Waals surface area contributed by atoms with Gasteiger partial charge in [0.2, 0.25) is 19.7 Å². The molecule has 0 aliphatic rings. The number of alkyl carbamates (subject to hydrolysis) is 1. The number of carboxylic acid groups (broad SMARTS) is 2. The summed E-state index contributed by atoms with van der Waals surface area (Å²) >= 11 is 0. The van der Waals surface area contributed by atoms with Gasteiger partial charge in [0.1, 0.15) is 40.3 Å². The molecule has 1 amide bonds. The van der Waals surface area contributed by atoms with Crippen LogP contribution >= 0.6 is 0 Å². The van der Waals surface area contributed by atoms with Crippen molar-refractivity contribution in [2.24, 2.45) is 5.41 Å². The first-order chi connectivity index (χ1) is 31.3. The number of benzene rings is 2. The molecule has 67 heavy (non-hydrogen) atoms. The zero-order chi connectivity index (χ0) is 50.0. The molecule has 0 spiro atoms. The second kappa shape index (κ2) is 21.8. The number of carbonyl (C=O) groups excluding carboxylic acids is 1. The third kappa shape index (κ3) is 13.4.